The molecule has 6 nitrogen and oxygen atoms in total. The number of hydrogen-bond donors (Lipinski definition) is 1. The van der Waals surface area contributed by atoms with Crippen LogP contribution in [0.2, 0.25) is 0 Å². The van der Waals surface area contributed by atoms with Crippen molar-refractivity contribution >= 4 is 28.7 Å². The summed E-state index contributed by atoms with van der Waals surface area (Å²) in [7, 11) is 0. The molecule has 150 valence electrons. The third-order valence-corrected chi connectivity index (χ3v) is 5.14. The molecular formula is C24H21N3O3. The van der Waals surface area contributed by atoms with Crippen LogP contribution in [0.5, 0.6) is 5.75 Å². The molecule has 1 saturated heterocycles. The number of benzene rings is 3. The van der Waals surface area contributed by atoms with E-state index in [4.69, 9.17) is 9.15 Å². The molecule has 5 rings (SSSR count). The van der Waals surface area contributed by atoms with Crippen LogP contribution in [-0.4, -0.2) is 42.6 Å². The number of nitrogens with zero attached hydrogens (tertiary/aromatic N) is 3. The van der Waals surface area contributed by atoms with Gasteiger partial charge in [-0.05, 0) is 48.0 Å². The van der Waals surface area contributed by atoms with E-state index in [1.54, 1.807) is 18.2 Å². The van der Waals surface area contributed by atoms with Gasteiger partial charge in [-0.1, -0.05) is 24.3 Å². The van der Waals surface area contributed by atoms with Crippen molar-refractivity contribution in [1.82, 2.24) is 4.98 Å². The van der Waals surface area contributed by atoms with Gasteiger partial charge >= 0.3 is 0 Å². The number of anilines is 1. The smallest absolute Gasteiger partial charge is 0.231 e. The second kappa shape index (κ2) is 8.00. The number of aromatic hydroxyl groups is 1. The second-order valence-electron chi connectivity index (χ2n) is 7.14. The van der Waals surface area contributed by atoms with Crippen LogP contribution in [0, 0.1) is 0 Å². The Morgan fingerprint density at radius 1 is 0.967 bits per heavy atom. The van der Waals surface area contributed by atoms with Gasteiger partial charge in [-0.3, -0.25) is 4.99 Å². The minimum Gasteiger partial charge on any atom is -0.507 e. The largest absolute Gasteiger partial charge is 0.507 e. The van der Waals surface area contributed by atoms with Gasteiger partial charge < -0.3 is 19.2 Å². The third-order valence-electron chi connectivity index (χ3n) is 5.14. The molecule has 3 aromatic carbocycles. The van der Waals surface area contributed by atoms with Crippen LogP contribution < -0.4 is 4.90 Å². The summed E-state index contributed by atoms with van der Waals surface area (Å²) in [5, 5.41) is 10.3. The van der Waals surface area contributed by atoms with E-state index >= 15 is 0 Å². The lowest BCUT2D eigenvalue weighted by atomic mass is 10.1. The van der Waals surface area contributed by atoms with Crippen LogP contribution in [0.15, 0.2) is 76.1 Å². The lowest BCUT2D eigenvalue weighted by molar-refractivity contribution is 0.122. The maximum Gasteiger partial charge on any atom is 0.231 e. The first kappa shape index (κ1) is 18.4. The van der Waals surface area contributed by atoms with Crippen LogP contribution in [-0.2, 0) is 4.74 Å². The van der Waals surface area contributed by atoms with Crippen LogP contribution in [0.4, 0.5) is 11.4 Å². The van der Waals surface area contributed by atoms with Crippen molar-refractivity contribution in [3.05, 3.63) is 72.3 Å². The van der Waals surface area contributed by atoms with Gasteiger partial charge in [-0.2, -0.15) is 0 Å². The number of hydrogen-bond acceptors (Lipinski definition) is 6. The first-order valence-electron chi connectivity index (χ1n) is 9.92. The number of aliphatic imine (C=N–C) groups is 1. The molecule has 0 atom stereocenters. The summed E-state index contributed by atoms with van der Waals surface area (Å²) < 4.78 is 11.2. The Morgan fingerprint density at radius 2 is 1.77 bits per heavy atom. The summed E-state index contributed by atoms with van der Waals surface area (Å²) >= 11 is 0. The van der Waals surface area contributed by atoms with Crippen molar-refractivity contribution in [3.63, 3.8) is 0 Å². The summed E-state index contributed by atoms with van der Waals surface area (Å²) in [5.41, 5.74) is 4.86. The number of ether oxygens (including phenoxy) is 1. The van der Waals surface area contributed by atoms with Gasteiger partial charge in [-0.15, -0.1) is 0 Å². The fraction of sp³-hybridized carbons (Fsp3) is 0.167. The zero-order valence-corrected chi connectivity index (χ0v) is 16.4. The average molecular weight is 399 g/mol. The molecule has 0 amide bonds. The highest BCUT2D eigenvalue weighted by atomic mass is 16.5. The molecule has 1 N–H and O–H groups in total. The van der Waals surface area contributed by atoms with Crippen molar-refractivity contribution in [2.45, 2.75) is 0 Å². The first-order valence-corrected chi connectivity index (χ1v) is 9.92. The summed E-state index contributed by atoms with van der Waals surface area (Å²) in [5.74, 6) is 0.482. The van der Waals surface area contributed by atoms with E-state index < -0.39 is 0 Å². The lowest BCUT2D eigenvalue weighted by Gasteiger charge is -2.28. The molecular weight excluding hydrogens is 378 g/mol. The average Bonchev–Trinajstić information content (AvgIpc) is 3.23. The van der Waals surface area contributed by atoms with E-state index in [1.165, 1.54) is 5.69 Å². The number of rotatable bonds is 4. The Bertz CT molecular complexity index is 1160. The molecule has 0 spiro atoms. The fourth-order valence-electron chi connectivity index (χ4n) is 3.50. The molecule has 30 heavy (non-hydrogen) atoms. The Kier molecular flexibility index (Phi) is 4.91. The van der Waals surface area contributed by atoms with E-state index in [9.17, 15) is 5.11 Å². The minimum absolute atomic E-state index is 0.107. The van der Waals surface area contributed by atoms with Gasteiger partial charge in [0.25, 0.3) is 0 Å². The summed E-state index contributed by atoms with van der Waals surface area (Å²) in [6.45, 7) is 3.37. The topological polar surface area (TPSA) is 71.1 Å². The van der Waals surface area contributed by atoms with E-state index in [2.05, 4.69) is 39.1 Å². The predicted molar refractivity (Wildman–Crippen MR) is 118 cm³/mol. The van der Waals surface area contributed by atoms with E-state index in [1.807, 2.05) is 30.5 Å². The molecule has 0 radical (unpaired) electrons. The molecule has 1 aromatic heterocycles. The van der Waals surface area contributed by atoms with E-state index in [0.717, 1.165) is 37.4 Å². The highest BCUT2D eigenvalue weighted by Crippen LogP contribution is 2.34. The second-order valence-corrected chi connectivity index (χ2v) is 7.14. The molecule has 0 saturated carbocycles. The van der Waals surface area contributed by atoms with Crippen molar-refractivity contribution in [2.75, 3.05) is 31.2 Å². The maximum atomic E-state index is 10.3. The number of aromatic nitrogens is 1. The Balaban J connectivity index is 1.37. The van der Waals surface area contributed by atoms with Gasteiger partial charge in [-0.25, -0.2) is 4.98 Å². The number of para-hydroxylation sites is 2. The van der Waals surface area contributed by atoms with Gasteiger partial charge in [0.1, 0.15) is 11.3 Å². The number of phenols is 1. The molecule has 6 heteroatoms. The van der Waals surface area contributed by atoms with Gasteiger partial charge in [0.2, 0.25) is 5.89 Å². The SMILES string of the molecule is Oc1ccc(N=Cc2ccc(N3CCOCC3)cc2)cc1-c1nc2ccccc2o1. The number of oxazole rings is 1. The van der Waals surface area contributed by atoms with Crippen molar-refractivity contribution in [3.8, 4) is 17.2 Å². The van der Waals surface area contributed by atoms with Crippen LogP contribution in [0.25, 0.3) is 22.6 Å². The van der Waals surface area contributed by atoms with Crippen molar-refractivity contribution in [2.24, 2.45) is 4.99 Å². The number of morpholine rings is 1. The predicted octanol–water partition coefficient (Wildman–Crippen LogP) is 4.79. The zero-order valence-electron chi connectivity index (χ0n) is 16.4. The number of phenolic OH excluding ortho intramolecular Hbond substituents is 1. The Hall–Kier alpha value is -3.64. The highest BCUT2D eigenvalue weighted by molar-refractivity contribution is 5.84. The van der Waals surface area contributed by atoms with Crippen LogP contribution >= 0.6 is 0 Å². The number of fused-ring (bicyclic) bond motifs is 1. The molecule has 0 unspecified atom stereocenters. The summed E-state index contributed by atoms with van der Waals surface area (Å²) in [6, 6.07) is 21.0. The van der Waals surface area contributed by atoms with Crippen molar-refractivity contribution in [1.29, 1.82) is 0 Å². The molecule has 1 aliphatic heterocycles. The van der Waals surface area contributed by atoms with E-state index in [0.29, 0.717) is 22.7 Å². The monoisotopic (exact) mass is 399 g/mol. The maximum absolute atomic E-state index is 10.3. The lowest BCUT2D eigenvalue weighted by Crippen LogP contribution is -2.36. The van der Waals surface area contributed by atoms with Gasteiger partial charge in [0.05, 0.1) is 24.5 Å². The fourth-order valence-corrected chi connectivity index (χ4v) is 3.50. The summed E-state index contributed by atoms with van der Waals surface area (Å²) in [6.07, 6.45) is 1.81. The molecule has 0 aliphatic carbocycles. The molecule has 1 fully saturated rings. The Morgan fingerprint density at radius 3 is 2.57 bits per heavy atom. The third kappa shape index (κ3) is 3.77. The molecule has 2 heterocycles. The normalized spacial score (nSPS) is 14.6. The van der Waals surface area contributed by atoms with Gasteiger partial charge in [0.15, 0.2) is 5.58 Å². The van der Waals surface area contributed by atoms with E-state index in [-0.39, 0.29) is 5.75 Å². The molecule has 0 bridgehead atoms. The first-order chi connectivity index (χ1) is 14.8. The molecule has 1 aliphatic rings. The quantitative estimate of drug-likeness (QED) is 0.500. The Labute approximate surface area is 174 Å². The van der Waals surface area contributed by atoms with Crippen LogP contribution in [0.3, 0.4) is 0 Å². The summed E-state index contributed by atoms with van der Waals surface area (Å²) in [4.78, 5) is 11.3. The highest BCUT2D eigenvalue weighted by Gasteiger charge is 2.13. The standard InChI is InChI=1S/C24H21N3O3/c28-22-10-7-18(15-20(22)24-26-21-3-1-2-4-23(21)30-24)25-16-17-5-8-19(9-6-17)27-11-13-29-14-12-27/h1-10,15-16,28H,11-14H2. The zero-order chi connectivity index (χ0) is 20.3. The molecule has 4 aromatic rings. The van der Waals surface area contributed by atoms with Gasteiger partial charge in [0, 0.05) is 25.0 Å². The minimum atomic E-state index is 0.107. The van der Waals surface area contributed by atoms with Crippen molar-refractivity contribution < 1.29 is 14.3 Å². The van der Waals surface area contributed by atoms with Crippen LogP contribution in [0.1, 0.15) is 5.56 Å².